The van der Waals surface area contributed by atoms with E-state index in [0.29, 0.717) is 29.6 Å². The van der Waals surface area contributed by atoms with E-state index in [4.69, 9.17) is 4.74 Å². The Morgan fingerprint density at radius 3 is 2.72 bits per heavy atom. The van der Waals surface area contributed by atoms with Crippen molar-refractivity contribution < 1.29 is 4.74 Å². The highest BCUT2D eigenvalue weighted by atomic mass is 16.5. The molecule has 0 aromatic rings. The predicted octanol–water partition coefficient (Wildman–Crippen LogP) is 1.87. The summed E-state index contributed by atoms with van der Waals surface area (Å²) in [6, 6.07) is 2.05. The number of hydrogen-bond acceptors (Lipinski definition) is 3. The van der Waals surface area contributed by atoms with Crippen LogP contribution in [0.25, 0.3) is 0 Å². The van der Waals surface area contributed by atoms with Crippen LogP contribution in [0.1, 0.15) is 40.5 Å². The molecule has 3 rings (SSSR count). The van der Waals surface area contributed by atoms with Gasteiger partial charge in [-0.3, -0.25) is 4.90 Å². The van der Waals surface area contributed by atoms with Crippen LogP contribution in [-0.4, -0.2) is 48.8 Å². The van der Waals surface area contributed by atoms with E-state index in [1.165, 1.54) is 25.9 Å². The van der Waals surface area contributed by atoms with Crippen LogP contribution in [0.4, 0.5) is 0 Å². The molecule has 2 aliphatic heterocycles. The van der Waals surface area contributed by atoms with Gasteiger partial charge in [0.15, 0.2) is 0 Å². The van der Waals surface area contributed by atoms with Crippen molar-refractivity contribution in [3.05, 3.63) is 0 Å². The van der Waals surface area contributed by atoms with Crippen molar-refractivity contribution in [2.45, 2.75) is 64.8 Å². The van der Waals surface area contributed by atoms with E-state index < -0.39 is 0 Å². The summed E-state index contributed by atoms with van der Waals surface area (Å²) in [6.07, 6.45) is 3.08. The first-order valence-electron chi connectivity index (χ1n) is 7.62. The molecule has 0 unspecified atom stereocenters. The third-order valence-electron chi connectivity index (χ3n) is 5.47. The first-order valence-corrected chi connectivity index (χ1v) is 7.62. The molecule has 18 heavy (non-hydrogen) atoms. The lowest BCUT2D eigenvalue weighted by molar-refractivity contribution is -0.115. The number of nitrogens with zero attached hydrogens (tertiary/aromatic N) is 1. The van der Waals surface area contributed by atoms with Gasteiger partial charge in [-0.1, -0.05) is 13.8 Å². The Labute approximate surface area is 111 Å². The first kappa shape index (κ1) is 12.9. The molecule has 3 aliphatic rings. The lowest BCUT2D eigenvalue weighted by Gasteiger charge is -2.55. The molecule has 0 bridgehead atoms. The number of hydrogen-bond donors (Lipinski definition) is 1. The van der Waals surface area contributed by atoms with E-state index in [-0.39, 0.29) is 0 Å². The average molecular weight is 252 g/mol. The van der Waals surface area contributed by atoms with Crippen LogP contribution in [0.3, 0.4) is 0 Å². The molecular formula is C15H28N2O. The van der Waals surface area contributed by atoms with Crippen molar-refractivity contribution in [2.75, 3.05) is 19.7 Å². The number of fused-ring (bicyclic) bond motifs is 1. The summed E-state index contributed by atoms with van der Waals surface area (Å²) in [4.78, 5) is 2.59. The molecule has 104 valence electrons. The molecule has 0 radical (unpaired) electrons. The summed E-state index contributed by atoms with van der Waals surface area (Å²) in [5.41, 5.74) is 0.326. The fraction of sp³-hybridized carbons (Fsp3) is 1.00. The minimum absolute atomic E-state index is 0.326. The maximum atomic E-state index is 5.87. The highest BCUT2D eigenvalue weighted by Gasteiger charge is 2.59. The number of nitrogens with one attached hydrogen (secondary N) is 1. The van der Waals surface area contributed by atoms with Gasteiger partial charge in [0.1, 0.15) is 0 Å². The minimum Gasteiger partial charge on any atom is -0.377 e. The van der Waals surface area contributed by atoms with Gasteiger partial charge in [0, 0.05) is 42.6 Å². The maximum absolute atomic E-state index is 5.87. The van der Waals surface area contributed by atoms with Crippen LogP contribution in [0, 0.1) is 11.3 Å². The van der Waals surface area contributed by atoms with E-state index in [2.05, 4.69) is 37.9 Å². The van der Waals surface area contributed by atoms with E-state index in [1.54, 1.807) is 0 Å². The SMILES string of the molecule is CC(C)N1CC[C@H](N[C@@H]2[C@H]3CCO[C@H]3C2(C)C)C1. The highest BCUT2D eigenvalue weighted by molar-refractivity contribution is 5.12. The van der Waals surface area contributed by atoms with Crippen molar-refractivity contribution in [3.8, 4) is 0 Å². The van der Waals surface area contributed by atoms with Crippen molar-refractivity contribution >= 4 is 0 Å². The van der Waals surface area contributed by atoms with Crippen LogP contribution >= 0.6 is 0 Å². The normalized spacial score (nSPS) is 43.2. The van der Waals surface area contributed by atoms with Crippen LogP contribution in [0.15, 0.2) is 0 Å². The number of likely N-dealkylation sites (tertiary alicyclic amines) is 1. The Hall–Kier alpha value is -0.120. The molecule has 3 fully saturated rings. The van der Waals surface area contributed by atoms with E-state index in [9.17, 15) is 0 Å². The largest absolute Gasteiger partial charge is 0.377 e. The molecule has 0 spiro atoms. The third kappa shape index (κ3) is 1.91. The summed E-state index contributed by atoms with van der Waals surface area (Å²) >= 11 is 0. The summed E-state index contributed by atoms with van der Waals surface area (Å²) in [6.45, 7) is 12.8. The van der Waals surface area contributed by atoms with Gasteiger partial charge in [-0.05, 0) is 33.2 Å². The molecule has 2 heterocycles. The van der Waals surface area contributed by atoms with Crippen LogP contribution < -0.4 is 5.32 Å². The van der Waals surface area contributed by atoms with Crippen LogP contribution in [-0.2, 0) is 4.74 Å². The Morgan fingerprint density at radius 1 is 1.28 bits per heavy atom. The second-order valence-electron chi connectivity index (χ2n) is 7.28. The van der Waals surface area contributed by atoms with Gasteiger partial charge in [-0.2, -0.15) is 0 Å². The van der Waals surface area contributed by atoms with Gasteiger partial charge in [0.2, 0.25) is 0 Å². The van der Waals surface area contributed by atoms with Gasteiger partial charge < -0.3 is 10.1 Å². The molecular weight excluding hydrogens is 224 g/mol. The summed E-state index contributed by atoms with van der Waals surface area (Å²) in [7, 11) is 0. The zero-order valence-corrected chi connectivity index (χ0v) is 12.3. The maximum Gasteiger partial charge on any atom is 0.0685 e. The fourth-order valence-electron chi connectivity index (χ4n) is 4.31. The lowest BCUT2D eigenvalue weighted by atomic mass is 9.57. The van der Waals surface area contributed by atoms with Gasteiger partial charge in [0.25, 0.3) is 0 Å². The van der Waals surface area contributed by atoms with E-state index >= 15 is 0 Å². The number of ether oxygens (including phenoxy) is 1. The van der Waals surface area contributed by atoms with Gasteiger partial charge in [-0.25, -0.2) is 0 Å². The summed E-state index contributed by atoms with van der Waals surface area (Å²) in [5, 5.41) is 3.94. The minimum atomic E-state index is 0.326. The molecule has 1 saturated carbocycles. The zero-order valence-electron chi connectivity index (χ0n) is 12.3. The molecule has 3 nitrogen and oxygen atoms in total. The topological polar surface area (TPSA) is 24.5 Å². The van der Waals surface area contributed by atoms with Gasteiger partial charge in [0.05, 0.1) is 6.10 Å². The quantitative estimate of drug-likeness (QED) is 0.830. The third-order valence-corrected chi connectivity index (χ3v) is 5.47. The monoisotopic (exact) mass is 252 g/mol. The Balaban J connectivity index is 1.58. The second-order valence-corrected chi connectivity index (χ2v) is 7.28. The van der Waals surface area contributed by atoms with E-state index in [1.807, 2.05) is 0 Å². The predicted molar refractivity (Wildman–Crippen MR) is 73.7 cm³/mol. The Kier molecular flexibility index (Phi) is 3.20. The molecule has 2 saturated heterocycles. The number of rotatable bonds is 3. The molecule has 0 amide bonds. The molecule has 3 heteroatoms. The highest BCUT2D eigenvalue weighted by Crippen LogP contribution is 2.52. The average Bonchev–Trinajstić information content (AvgIpc) is 2.94. The molecule has 0 aromatic carbocycles. The van der Waals surface area contributed by atoms with Crippen molar-refractivity contribution in [2.24, 2.45) is 11.3 Å². The fourth-order valence-corrected chi connectivity index (χ4v) is 4.31. The summed E-state index contributed by atoms with van der Waals surface area (Å²) in [5.74, 6) is 0.771. The molecule has 0 aromatic heterocycles. The Bertz CT molecular complexity index is 316. The van der Waals surface area contributed by atoms with Gasteiger partial charge >= 0.3 is 0 Å². The molecule has 1 aliphatic carbocycles. The van der Waals surface area contributed by atoms with Crippen LogP contribution in [0.2, 0.25) is 0 Å². The van der Waals surface area contributed by atoms with Crippen molar-refractivity contribution in [3.63, 3.8) is 0 Å². The van der Waals surface area contributed by atoms with E-state index in [0.717, 1.165) is 12.5 Å². The Morgan fingerprint density at radius 2 is 2.06 bits per heavy atom. The standard InChI is InChI=1S/C15H28N2O/c1-10(2)17-7-5-11(9-17)16-13-12-6-8-18-14(12)15(13,3)4/h10-14,16H,5-9H2,1-4H3/t11-,12+,13+,14+/m0/s1. The smallest absolute Gasteiger partial charge is 0.0685 e. The molecule has 4 atom stereocenters. The van der Waals surface area contributed by atoms with Crippen molar-refractivity contribution in [1.29, 1.82) is 0 Å². The zero-order chi connectivity index (χ0) is 12.9. The van der Waals surface area contributed by atoms with Gasteiger partial charge in [-0.15, -0.1) is 0 Å². The first-order chi connectivity index (χ1) is 8.50. The molecule has 1 N–H and O–H groups in total. The van der Waals surface area contributed by atoms with Crippen molar-refractivity contribution in [1.82, 2.24) is 10.2 Å². The summed E-state index contributed by atoms with van der Waals surface area (Å²) < 4.78 is 5.87. The second kappa shape index (κ2) is 4.46. The van der Waals surface area contributed by atoms with Crippen LogP contribution in [0.5, 0.6) is 0 Å². The lowest BCUT2D eigenvalue weighted by Crippen LogP contribution is -2.67.